The van der Waals surface area contributed by atoms with Crippen LogP contribution in [-0.4, -0.2) is 16.9 Å². The van der Waals surface area contributed by atoms with Crippen LogP contribution in [0.3, 0.4) is 0 Å². The molecule has 1 aliphatic rings. The highest BCUT2D eigenvalue weighted by Crippen LogP contribution is 2.22. The average molecular weight is 256 g/mol. The van der Waals surface area contributed by atoms with Crippen molar-refractivity contribution in [1.29, 1.82) is 0 Å². The SMILES string of the molecule is Clc1ccc(C2=NC(c3ccccn3)N=C2)cc1. The molecule has 0 saturated heterocycles. The van der Waals surface area contributed by atoms with Gasteiger partial charge in [-0.05, 0) is 24.3 Å². The van der Waals surface area contributed by atoms with Crippen molar-refractivity contribution in [3.63, 3.8) is 0 Å². The van der Waals surface area contributed by atoms with Gasteiger partial charge < -0.3 is 0 Å². The molecule has 0 N–H and O–H groups in total. The van der Waals surface area contributed by atoms with Crippen LogP contribution in [0.25, 0.3) is 0 Å². The molecule has 88 valence electrons. The molecule has 0 saturated carbocycles. The molecule has 0 spiro atoms. The van der Waals surface area contributed by atoms with E-state index in [0.717, 1.165) is 22.0 Å². The molecule has 2 aromatic rings. The van der Waals surface area contributed by atoms with Gasteiger partial charge in [-0.2, -0.15) is 0 Å². The number of halogens is 1. The van der Waals surface area contributed by atoms with Crippen LogP contribution in [-0.2, 0) is 0 Å². The van der Waals surface area contributed by atoms with Gasteiger partial charge in [0.05, 0.1) is 17.6 Å². The summed E-state index contributed by atoms with van der Waals surface area (Å²) in [6, 6.07) is 13.3. The molecule has 0 aliphatic carbocycles. The fourth-order valence-corrected chi connectivity index (χ4v) is 1.91. The number of aliphatic imine (C=N–C) groups is 2. The maximum atomic E-state index is 5.86. The van der Waals surface area contributed by atoms with E-state index in [4.69, 9.17) is 11.6 Å². The fraction of sp³-hybridized carbons (Fsp3) is 0.0714. The van der Waals surface area contributed by atoms with Crippen molar-refractivity contribution < 1.29 is 0 Å². The van der Waals surface area contributed by atoms with E-state index in [1.807, 2.05) is 42.5 Å². The van der Waals surface area contributed by atoms with E-state index in [1.54, 1.807) is 12.4 Å². The third-order valence-electron chi connectivity index (χ3n) is 2.69. The number of benzene rings is 1. The molecule has 1 unspecified atom stereocenters. The second-order valence-electron chi connectivity index (χ2n) is 3.93. The lowest BCUT2D eigenvalue weighted by Crippen LogP contribution is -1.98. The molecule has 0 radical (unpaired) electrons. The molecule has 2 heterocycles. The van der Waals surface area contributed by atoms with Gasteiger partial charge in [-0.25, -0.2) is 0 Å². The van der Waals surface area contributed by atoms with Crippen LogP contribution >= 0.6 is 11.6 Å². The van der Waals surface area contributed by atoms with Crippen LogP contribution in [0.15, 0.2) is 58.6 Å². The molecule has 1 aromatic carbocycles. The highest BCUT2D eigenvalue weighted by atomic mass is 35.5. The molecule has 0 fully saturated rings. The van der Waals surface area contributed by atoms with Crippen molar-refractivity contribution in [1.82, 2.24) is 4.98 Å². The Balaban J connectivity index is 1.89. The van der Waals surface area contributed by atoms with E-state index in [-0.39, 0.29) is 6.17 Å². The lowest BCUT2D eigenvalue weighted by Gasteiger charge is -2.02. The normalized spacial score (nSPS) is 17.8. The zero-order chi connectivity index (χ0) is 12.4. The van der Waals surface area contributed by atoms with Gasteiger partial charge in [0.25, 0.3) is 0 Å². The van der Waals surface area contributed by atoms with Crippen LogP contribution in [0, 0.1) is 0 Å². The highest BCUT2D eigenvalue weighted by molar-refractivity contribution is 6.39. The molecule has 0 amide bonds. The molecule has 1 atom stereocenters. The minimum absolute atomic E-state index is 0.225. The number of nitrogens with zero attached hydrogens (tertiary/aromatic N) is 3. The Morgan fingerprint density at radius 3 is 2.56 bits per heavy atom. The van der Waals surface area contributed by atoms with Crippen molar-refractivity contribution in [2.75, 3.05) is 0 Å². The van der Waals surface area contributed by atoms with Crippen LogP contribution in [0.4, 0.5) is 0 Å². The molecular formula is C14H10ClN3. The molecule has 18 heavy (non-hydrogen) atoms. The molecule has 4 heteroatoms. The largest absolute Gasteiger partial charge is 0.258 e. The van der Waals surface area contributed by atoms with Gasteiger partial charge in [0.2, 0.25) is 0 Å². The predicted octanol–water partition coefficient (Wildman–Crippen LogP) is 3.31. The first-order valence-corrected chi connectivity index (χ1v) is 5.98. The van der Waals surface area contributed by atoms with Gasteiger partial charge in [-0.15, -0.1) is 0 Å². The van der Waals surface area contributed by atoms with Crippen LogP contribution in [0.5, 0.6) is 0 Å². The molecule has 1 aliphatic heterocycles. The van der Waals surface area contributed by atoms with Gasteiger partial charge in [-0.1, -0.05) is 29.8 Å². The minimum atomic E-state index is -0.225. The standard InChI is InChI=1S/C14H10ClN3/c15-11-6-4-10(5-7-11)13-9-17-14(18-13)12-3-1-2-8-16-12/h1-9,14H. The van der Waals surface area contributed by atoms with Crippen LogP contribution in [0.2, 0.25) is 5.02 Å². The van der Waals surface area contributed by atoms with Crippen LogP contribution in [0.1, 0.15) is 17.4 Å². The summed E-state index contributed by atoms with van der Waals surface area (Å²) in [5.74, 6) is 0. The molecule has 0 bridgehead atoms. The number of pyridine rings is 1. The van der Waals surface area contributed by atoms with Crippen molar-refractivity contribution in [2.45, 2.75) is 6.17 Å². The maximum absolute atomic E-state index is 5.86. The van der Waals surface area contributed by atoms with Crippen LogP contribution < -0.4 is 0 Å². The first-order valence-electron chi connectivity index (χ1n) is 5.61. The number of rotatable bonds is 2. The van der Waals surface area contributed by atoms with E-state index in [9.17, 15) is 0 Å². The summed E-state index contributed by atoms with van der Waals surface area (Å²) in [6.07, 6.45) is 3.31. The predicted molar refractivity (Wildman–Crippen MR) is 73.5 cm³/mol. The Morgan fingerprint density at radius 1 is 1.00 bits per heavy atom. The Hall–Kier alpha value is -2.00. The summed E-state index contributed by atoms with van der Waals surface area (Å²) in [7, 11) is 0. The number of hydrogen-bond acceptors (Lipinski definition) is 3. The maximum Gasteiger partial charge on any atom is 0.182 e. The van der Waals surface area contributed by atoms with E-state index >= 15 is 0 Å². The summed E-state index contributed by atoms with van der Waals surface area (Å²) < 4.78 is 0. The third kappa shape index (κ3) is 2.17. The first-order chi connectivity index (χ1) is 8.83. The Morgan fingerprint density at radius 2 is 1.83 bits per heavy atom. The van der Waals surface area contributed by atoms with Crippen molar-refractivity contribution in [2.24, 2.45) is 9.98 Å². The highest BCUT2D eigenvalue weighted by Gasteiger charge is 2.16. The monoisotopic (exact) mass is 255 g/mol. The zero-order valence-corrected chi connectivity index (χ0v) is 10.2. The number of aromatic nitrogens is 1. The second kappa shape index (κ2) is 4.70. The molecule has 3 nitrogen and oxygen atoms in total. The summed E-state index contributed by atoms with van der Waals surface area (Å²) >= 11 is 5.86. The Bertz CT molecular complexity index is 603. The van der Waals surface area contributed by atoms with Gasteiger partial charge in [0.1, 0.15) is 0 Å². The lowest BCUT2D eigenvalue weighted by molar-refractivity contribution is 0.765. The van der Waals surface area contributed by atoms with Crippen molar-refractivity contribution >= 4 is 23.5 Å². The number of hydrogen-bond donors (Lipinski definition) is 0. The van der Waals surface area contributed by atoms with Gasteiger partial charge in [0.15, 0.2) is 6.17 Å². The first kappa shape index (κ1) is 11.1. The summed E-state index contributed by atoms with van der Waals surface area (Å²) in [5, 5.41) is 0.718. The summed E-state index contributed by atoms with van der Waals surface area (Å²) in [4.78, 5) is 13.2. The molecule has 1 aromatic heterocycles. The average Bonchev–Trinajstić information content (AvgIpc) is 2.90. The zero-order valence-electron chi connectivity index (χ0n) is 9.49. The summed E-state index contributed by atoms with van der Waals surface area (Å²) in [6.45, 7) is 0. The molecular weight excluding hydrogens is 246 g/mol. The van der Waals surface area contributed by atoms with E-state index < -0.39 is 0 Å². The Labute approximate surface area is 110 Å². The Kier molecular flexibility index (Phi) is 2.90. The lowest BCUT2D eigenvalue weighted by atomic mass is 10.1. The van der Waals surface area contributed by atoms with Crippen molar-refractivity contribution in [3.05, 3.63) is 64.9 Å². The van der Waals surface area contributed by atoms with Crippen molar-refractivity contribution in [3.8, 4) is 0 Å². The molecule has 3 rings (SSSR count). The van der Waals surface area contributed by atoms with E-state index in [2.05, 4.69) is 15.0 Å². The van der Waals surface area contributed by atoms with Gasteiger partial charge in [-0.3, -0.25) is 15.0 Å². The second-order valence-corrected chi connectivity index (χ2v) is 4.36. The van der Waals surface area contributed by atoms with E-state index in [0.29, 0.717) is 0 Å². The van der Waals surface area contributed by atoms with E-state index in [1.165, 1.54) is 0 Å². The topological polar surface area (TPSA) is 37.6 Å². The summed E-state index contributed by atoms with van der Waals surface area (Å²) in [5.41, 5.74) is 2.74. The third-order valence-corrected chi connectivity index (χ3v) is 2.94. The minimum Gasteiger partial charge on any atom is -0.258 e. The quantitative estimate of drug-likeness (QED) is 0.811. The fourth-order valence-electron chi connectivity index (χ4n) is 1.78. The van der Waals surface area contributed by atoms with Gasteiger partial charge in [0, 0.05) is 16.8 Å². The smallest absolute Gasteiger partial charge is 0.182 e. The van der Waals surface area contributed by atoms with Gasteiger partial charge >= 0.3 is 0 Å².